The van der Waals surface area contributed by atoms with E-state index in [1.165, 1.54) is 0 Å². The predicted molar refractivity (Wildman–Crippen MR) is 127 cm³/mol. The van der Waals surface area contributed by atoms with Gasteiger partial charge in [-0.1, -0.05) is 12.1 Å². The minimum absolute atomic E-state index is 0.158. The zero-order chi connectivity index (χ0) is 25.0. The number of carbonyl (C=O) groups excluding carboxylic acids is 1. The fourth-order valence-electron chi connectivity index (χ4n) is 3.98. The largest absolute Gasteiger partial charge is 0.419 e. The molecule has 6 nitrogen and oxygen atoms in total. The molecule has 1 fully saturated rings. The molecule has 0 radical (unpaired) electrons. The third-order valence-corrected chi connectivity index (χ3v) is 5.87. The molecule has 2 heterocycles. The fourth-order valence-corrected chi connectivity index (χ4v) is 3.98. The Morgan fingerprint density at radius 2 is 1.66 bits per heavy atom. The maximum Gasteiger partial charge on any atom is 0.419 e. The summed E-state index contributed by atoms with van der Waals surface area (Å²) in [5.74, 6) is -0.417. The number of aromatic nitrogens is 1. The molecule has 1 aliphatic rings. The first-order chi connectivity index (χ1) is 16.7. The Morgan fingerprint density at radius 1 is 0.971 bits per heavy atom. The third kappa shape index (κ3) is 6.27. The fraction of sp³-hybridized carbons (Fsp3) is 0.280. The molecule has 2 N–H and O–H groups in total. The minimum atomic E-state index is -4.85. The second kappa shape index (κ2) is 10.3. The van der Waals surface area contributed by atoms with Crippen LogP contribution in [0.3, 0.4) is 0 Å². The number of nitrogens with one attached hydrogen (secondary N) is 2. The molecule has 1 aromatic heterocycles. The van der Waals surface area contributed by atoms with Crippen molar-refractivity contribution >= 4 is 23.2 Å². The highest BCUT2D eigenvalue weighted by molar-refractivity contribution is 5.99. The van der Waals surface area contributed by atoms with Crippen LogP contribution in [0.15, 0.2) is 60.8 Å². The van der Waals surface area contributed by atoms with Crippen LogP contribution < -0.4 is 15.5 Å². The van der Waals surface area contributed by atoms with E-state index in [0.717, 1.165) is 55.7 Å². The Balaban J connectivity index is 1.32. The smallest absolute Gasteiger partial charge is 0.354 e. The van der Waals surface area contributed by atoms with Crippen LogP contribution in [0, 0.1) is 12.7 Å². The molecule has 0 spiro atoms. The number of aryl methyl sites for hydroxylation is 1. The first-order valence-corrected chi connectivity index (χ1v) is 11.1. The average molecular weight is 488 g/mol. The van der Waals surface area contributed by atoms with Crippen LogP contribution in [-0.4, -0.2) is 42.1 Å². The topological polar surface area (TPSA) is 60.5 Å². The normalized spacial score (nSPS) is 14.6. The van der Waals surface area contributed by atoms with E-state index in [-0.39, 0.29) is 5.69 Å². The lowest BCUT2D eigenvalue weighted by atomic mass is 10.1. The van der Waals surface area contributed by atoms with Crippen LogP contribution in [0.2, 0.25) is 0 Å². The molecule has 1 aliphatic heterocycles. The van der Waals surface area contributed by atoms with Gasteiger partial charge in [0.05, 0.1) is 5.56 Å². The number of benzene rings is 2. The standard InChI is InChI=1S/C25H25F4N5O/c1-17-14-19(31-24(35)32-20-7-8-22(26)21(15-20)25(27,28)29)6-5-18(17)16-33-10-12-34(13-11-33)23-4-2-3-9-30-23/h2-9,14-15H,10-13,16H2,1H3,(H2,31,32,35). The first-order valence-electron chi connectivity index (χ1n) is 11.1. The van der Waals surface area contributed by atoms with E-state index in [4.69, 9.17) is 0 Å². The van der Waals surface area contributed by atoms with Crippen LogP contribution in [0.25, 0.3) is 0 Å². The number of halogens is 4. The Kier molecular flexibility index (Phi) is 7.20. The van der Waals surface area contributed by atoms with Crippen molar-refractivity contribution in [3.63, 3.8) is 0 Å². The van der Waals surface area contributed by atoms with Crippen LogP contribution in [0.4, 0.5) is 39.5 Å². The second-order valence-electron chi connectivity index (χ2n) is 8.36. The molecule has 1 saturated heterocycles. The molecule has 10 heteroatoms. The molecule has 3 aromatic rings. The summed E-state index contributed by atoms with van der Waals surface area (Å²) in [5, 5.41) is 4.92. The van der Waals surface area contributed by atoms with E-state index in [1.807, 2.05) is 37.3 Å². The lowest BCUT2D eigenvalue weighted by molar-refractivity contribution is -0.139. The summed E-state index contributed by atoms with van der Waals surface area (Å²) in [4.78, 5) is 21.3. The van der Waals surface area contributed by atoms with Gasteiger partial charge in [0.15, 0.2) is 0 Å². The molecule has 2 aromatic carbocycles. The number of hydrogen-bond donors (Lipinski definition) is 2. The summed E-state index contributed by atoms with van der Waals surface area (Å²) in [6.45, 7) is 6.28. The lowest BCUT2D eigenvalue weighted by Gasteiger charge is -2.35. The van der Waals surface area contributed by atoms with Crippen molar-refractivity contribution in [1.29, 1.82) is 0 Å². The SMILES string of the molecule is Cc1cc(NC(=O)Nc2ccc(F)c(C(F)(F)F)c2)ccc1CN1CCN(c2ccccn2)CC1. The molecule has 0 aliphatic carbocycles. The van der Waals surface area contributed by atoms with Crippen molar-refractivity contribution in [3.8, 4) is 0 Å². The molecule has 0 saturated carbocycles. The Bertz CT molecular complexity index is 1180. The van der Waals surface area contributed by atoms with Gasteiger partial charge in [0.1, 0.15) is 11.6 Å². The van der Waals surface area contributed by atoms with Gasteiger partial charge >= 0.3 is 12.2 Å². The number of carbonyl (C=O) groups is 1. The Hall–Kier alpha value is -3.66. The molecule has 184 valence electrons. The van der Waals surface area contributed by atoms with Crippen molar-refractivity contribution in [2.24, 2.45) is 0 Å². The van der Waals surface area contributed by atoms with Gasteiger partial charge in [-0.25, -0.2) is 14.2 Å². The molecule has 0 bridgehead atoms. The van der Waals surface area contributed by atoms with E-state index in [1.54, 1.807) is 12.3 Å². The monoisotopic (exact) mass is 487 g/mol. The molecule has 35 heavy (non-hydrogen) atoms. The number of pyridine rings is 1. The van der Waals surface area contributed by atoms with Crippen molar-refractivity contribution in [3.05, 3.63) is 83.3 Å². The Labute approximate surface area is 200 Å². The maximum absolute atomic E-state index is 13.4. The van der Waals surface area contributed by atoms with E-state index >= 15 is 0 Å². The Morgan fingerprint density at radius 3 is 2.29 bits per heavy atom. The molecular formula is C25H25F4N5O. The van der Waals surface area contributed by atoms with Gasteiger partial charge in [0, 0.05) is 50.3 Å². The van der Waals surface area contributed by atoms with Gasteiger partial charge in [-0.2, -0.15) is 13.2 Å². The van der Waals surface area contributed by atoms with E-state index < -0.39 is 23.6 Å². The van der Waals surface area contributed by atoms with Crippen LogP contribution in [0.5, 0.6) is 0 Å². The number of anilines is 3. The highest BCUT2D eigenvalue weighted by atomic mass is 19.4. The molecule has 2 amide bonds. The van der Waals surface area contributed by atoms with E-state index in [2.05, 4.69) is 25.4 Å². The zero-order valence-corrected chi connectivity index (χ0v) is 19.1. The highest BCUT2D eigenvalue weighted by Gasteiger charge is 2.34. The number of rotatable bonds is 5. The average Bonchev–Trinajstić information content (AvgIpc) is 2.82. The van der Waals surface area contributed by atoms with Crippen LogP contribution >= 0.6 is 0 Å². The zero-order valence-electron chi connectivity index (χ0n) is 19.1. The van der Waals surface area contributed by atoms with E-state index in [0.29, 0.717) is 17.8 Å². The van der Waals surface area contributed by atoms with Crippen LogP contribution in [0.1, 0.15) is 16.7 Å². The number of urea groups is 1. The van der Waals surface area contributed by atoms with Gasteiger partial charge in [-0.05, 0) is 60.5 Å². The van der Waals surface area contributed by atoms with Gasteiger partial charge in [0.2, 0.25) is 0 Å². The summed E-state index contributed by atoms with van der Waals surface area (Å²) < 4.78 is 52.1. The van der Waals surface area contributed by atoms with Crippen LogP contribution in [-0.2, 0) is 12.7 Å². The van der Waals surface area contributed by atoms with Gasteiger partial charge < -0.3 is 15.5 Å². The van der Waals surface area contributed by atoms with Crippen molar-refractivity contribution in [2.45, 2.75) is 19.6 Å². The number of alkyl halides is 3. The summed E-state index contributed by atoms with van der Waals surface area (Å²) in [7, 11) is 0. The predicted octanol–water partition coefficient (Wildman–Crippen LogP) is 5.51. The van der Waals surface area contributed by atoms with Crippen molar-refractivity contribution in [2.75, 3.05) is 41.7 Å². The summed E-state index contributed by atoms with van der Waals surface area (Å²) >= 11 is 0. The first kappa shape index (κ1) is 24.5. The summed E-state index contributed by atoms with van der Waals surface area (Å²) in [5.41, 5.74) is 1.01. The number of nitrogens with zero attached hydrogens (tertiary/aromatic N) is 3. The molecule has 0 atom stereocenters. The van der Waals surface area contributed by atoms with Crippen molar-refractivity contribution in [1.82, 2.24) is 9.88 Å². The minimum Gasteiger partial charge on any atom is -0.354 e. The van der Waals surface area contributed by atoms with Gasteiger partial charge in [0.25, 0.3) is 0 Å². The lowest BCUT2D eigenvalue weighted by Crippen LogP contribution is -2.46. The summed E-state index contributed by atoms with van der Waals surface area (Å²) in [6, 6.07) is 13.0. The van der Waals surface area contributed by atoms with Crippen molar-refractivity contribution < 1.29 is 22.4 Å². The van der Waals surface area contributed by atoms with Gasteiger partial charge in [-0.15, -0.1) is 0 Å². The van der Waals surface area contributed by atoms with E-state index in [9.17, 15) is 22.4 Å². The maximum atomic E-state index is 13.4. The number of amides is 2. The van der Waals surface area contributed by atoms with Gasteiger partial charge in [-0.3, -0.25) is 4.90 Å². The molecule has 4 rings (SSSR count). The highest BCUT2D eigenvalue weighted by Crippen LogP contribution is 2.33. The quantitative estimate of drug-likeness (QED) is 0.466. The molecule has 0 unspecified atom stereocenters. The number of piperazine rings is 1. The summed E-state index contributed by atoms with van der Waals surface area (Å²) in [6.07, 6.45) is -3.06. The third-order valence-electron chi connectivity index (χ3n) is 5.87. The molecular weight excluding hydrogens is 462 g/mol. The number of hydrogen-bond acceptors (Lipinski definition) is 4. The second-order valence-corrected chi connectivity index (χ2v) is 8.36.